The molecule has 0 aromatic heterocycles. The van der Waals surface area contributed by atoms with Crippen LogP contribution in [0.3, 0.4) is 0 Å². The molecule has 4 heteroatoms. The Morgan fingerprint density at radius 1 is 1.22 bits per heavy atom. The molecule has 0 radical (unpaired) electrons. The van der Waals surface area contributed by atoms with Crippen LogP contribution < -0.4 is 0 Å². The van der Waals surface area contributed by atoms with Gasteiger partial charge in [0, 0.05) is 13.1 Å². The molecule has 0 heterocycles. The number of nitrogens with zero attached hydrogens (tertiary/aromatic N) is 3. The highest BCUT2D eigenvalue weighted by Gasteiger charge is 2.13. The van der Waals surface area contributed by atoms with E-state index in [0.717, 1.165) is 0 Å². The Bertz CT molecular complexity index is 519. The zero-order valence-corrected chi connectivity index (χ0v) is 10.6. The minimum atomic E-state index is 0.00112. The summed E-state index contributed by atoms with van der Waals surface area (Å²) in [5, 5.41) is 17.8. The van der Waals surface area contributed by atoms with E-state index in [1.165, 1.54) is 6.07 Å². The van der Waals surface area contributed by atoms with Gasteiger partial charge < -0.3 is 4.90 Å². The molecule has 0 unspecified atom stereocenters. The van der Waals surface area contributed by atoms with Gasteiger partial charge in [-0.3, -0.25) is 4.79 Å². The second-order valence-electron chi connectivity index (χ2n) is 3.84. The molecule has 0 aliphatic carbocycles. The van der Waals surface area contributed by atoms with Crippen LogP contribution in [0, 0.1) is 22.7 Å². The van der Waals surface area contributed by atoms with Crippen molar-refractivity contribution in [2.24, 2.45) is 0 Å². The fraction of sp³-hybridized carbons (Fsp3) is 0.357. The summed E-state index contributed by atoms with van der Waals surface area (Å²) in [6.45, 7) is 5.16. The van der Waals surface area contributed by atoms with E-state index < -0.39 is 0 Å². The van der Waals surface area contributed by atoms with Crippen molar-refractivity contribution in [1.82, 2.24) is 4.90 Å². The molecule has 92 valence electrons. The summed E-state index contributed by atoms with van der Waals surface area (Å²) in [6.07, 6.45) is 0.205. The number of hydrogen-bond acceptors (Lipinski definition) is 3. The lowest BCUT2D eigenvalue weighted by molar-refractivity contribution is -0.130. The van der Waals surface area contributed by atoms with Gasteiger partial charge in [-0.05, 0) is 31.5 Å². The molecule has 1 aromatic rings. The fourth-order valence-corrected chi connectivity index (χ4v) is 1.76. The first-order valence-corrected chi connectivity index (χ1v) is 5.87. The van der Waals surface area contributed by atoms with E-state index in [4.69, 9.17) is 10.5 Å². The van der Waals surface area contributed by atoms with E-state index >= 15 is 0 Å². The minimum absolute atomic E-state index is 0.00112. The maximum Gasteiger partial charge on any atom is 0.227 e. The number of carbonyl (C=O) groups is 1. The molecule has 1 aromatic carbocycles. The molecule has 0 aliphatic heterocycles. The van der Waals surface area contributed by atoms with Crippen molar-refractivity contribution >= 4 is 5.91 Å². The predicted octanol–water partition coefficient (Wildman–Crippen LogP) is 1.84. The summed E-state index contributed by atoms with van der Waals surface area (Å²) in [5.74, 6) is 0.00112. The third-order valence-corrected chi connectivity index (χ3v) is 2.82. The van der Waals surface area contributed by atoms with Gasteiger partial charge in [0.05, 0.1) is 29.7 Å². The normalized spacial score (nSPS) is 9.33. The van der Waals surface area contributed by atoms with Crippen molar-refractivity contribution in [1.29, 1.82) is 10.5 Å². The lowest BCUT2D eigenvalue weighted by Crippen LogP contribution is -2.31. The van der Waals surface area contributed by atoms with Crippen LogP contribution in [-0.2, 0) is 11.2 Å². The van der Waals surface area contributed by atoms with Gasteiger partial charge in [-0.2, -0.15) is 10.5 Å². The van der Waals surface area contributed by atoms with E-state index in [1.807, 2.05) is 26.0 Å². The predicted molar refractivity (Wildman–Crippen MR) is 67.5 cm³/mol. The monoisotopic (exact) mass is 241 g/mol. The van der Waals surface area contributed by atoms with Crippen molar-refractivity contribution < 1.29 is 4.79 Å². The van der Waals surface area contributed by atoms with Crippen LogP contribution in [0.4, 0.5) is 0 Å². The molecule has 0 aliphatic rings. The highest BCUT2D eigenvalue weighted by Crippen LogP contribution is 2.12. The number of amides is 1. The third kappa shape index (κ3) is 3.09. The van der Waals surface area contributed by atoms with Crippen LogP contribution in [0.1, 0.15) is 30.5 Å². The van der Waals surface area contributed by atoms with Crippen molar-refractivity contribution in [2.45, 2.75) is 20.3 Å². The van der Waals surface area contributed by atoms with E-state index in [9.17, 15) is 4.79 Å². The second-order valence-corrected chi connectivity index (χ2v) is 3.84. The first-order chi connectivity index (χ1) is 8.65. The summed E-state index contributed by atoms with van der Waals surface area (Å²) in [5.41, 5.74) is 1.51. The van der Waals surface area contributed by atoms with E-state index in [1.54, 1.807) is 17.0 Å². The summed E-state index contributed by atoms with van der Waals surface area (Å²) in [6, 6.07) is 8.84. The average Bonchev–Trinajstić information content (AvgIpc) is 2.40. The average molecular weight is 241 g/mol. The van der Waals surface area contributed by atoms with Gasteiger partial charge in [-0.1, -0.05) is 6.07 Å². The molecule has 1 amide bonds. The van der Waals surface area contributed by atoms with E-state index in [0.29, 0.717) is 29.8 Å². The Labute approximate surface area is 107 Å². The van der Waals surface area contributed by atoms with Crippen molar-refractivity contribution in [3.8, 4) is 12.1 Å². The SMILES string of the molecule is CCN(CC)C(=O)Cc1ccc(C#N)cc1C#N. The lowest BCUT2D eigenvalue weighted by Gasteiger charge is -2.18. The van der Waals surface area contributed by atoms with Gasteiger partial charge in [0.1, 0.15) is 0 Å². The van der Waals surface area contributed by atoms with Crippen LogP contribution in [0.2, 0.25) is 0 Å². The molecule has 0 fully saturated rings. The van der Waals surface area contributed by atoms with Crippen LogP contribution in [0.15, 0.2) is 18.2 Å². The smallest absolute Gasteiger partial charge is 0.227 e. The fourth-order valence-electron chi connectivity index (χ4n) is 1.76. The molecular formula is C14H15N3O. The van der Waals surface area contributed by atoms with Crippen molar-refractivity contribution in [3.63, 3.8) is 0 Å². The molecule has 18 heavy (non-hydrogen) atoms. The molecular weight excluding hydrogens is 226 g/mol. The largest absolute Gasteiger partial charge is 0.343 e. The minimum Gasteiger partial charge on any atom is -0.343 e. The van der Waals surface area contributed by atoms with Crippen molar-refractivity contribution in [3.05, 3.63) is 34.9 Å². The topological polar surface area (TPSA) is 67.9 Å². The van der Waals surface area contributed by atoms with Gasteiger partial charge in [-0.25, -0.2) is 0 Å². The number of benzene rings is 1. The maximum absolute atomic E-state index is 11.9. The number of hydrogen-bond donors (Lipinski definition) is 0. The molecule has 0 spiro atoms. The van der Waals surface area contributed by atoms with Crippen molar-refractivity contribution in [2.75, 3.05) is 13.1 Å². The Morgan fingerprint density at radius 2 is 1.89 bits per heavy atom. The summed E-state index contributed by atoms with van der Waals surface area (Å²) >= 11 is 0. The Morgan fingerprint density at radius 3 is 2.39 bits per heavy atom. The number of likely N-dealkylation sites (N-methyl/N-ethyl adjacent to an activating group) is 1. The summed E-state index contributed by atoms with van der Waals surface area (Å²) in [4.78, 5) is 13.7. The second kappa shape index (κ2) is 6.42. The summed E-state index contributed by atoms with van der Waals surface area (Å²) < 4.78 is 0. The standard InChI is InChI=1S/C14H15N3O/c1-3-17(4-2)14(18)8-12-6-5-11(9-15)7-13(12)10-16/h5-7H,3-4,8H2,1-2H3. The van der Waals surface area contributed by atoms with Gasteiger partial charge in [-0.15, -0.1) is 0 Å². The van der Waals surface area contributed by atoms with Gasteiger partial charge >= 0.3 is 0 Å². The highest BCUT2D eigenvalue weighted by molar-refractivity contribution is 5.79. The first-order valence-electron chi connectivity index (χ1n) is 5.87. The van der Waals surface area contributed by atoms with Crippen LogP contribution in [-0.4, -0.2) is 23.9 Å². The first kappa shape index (κ1) is 13.7. The van der Waals surface area contributed by atoms with Crippen LogP contribution in [0.25, 0.3) is 0 Å². The quantitative estimate of drug-likeness (QED) is 0.807. The van der Waals surface area contributed by atoms with Crippen LogP contribution >= 0.6 is 0 Å². The molecule has 1 rings (SSSR count). The Kier molecular flexibility index (Phi) is 4.90. The number of rotatable bonds is 4. The molecule has 0 saturated heterocycles. The maximum atomic E-state index is 11.9. The summed E-state index contributed by atoms with van der Waals surface area (Å²) in [7, 11) is 0. The zero-order chi connectivity index (χ0) is 13.5. The molecule has 0 N–H and O–H groups in total. The van der Waals surface area contributed by atoms with E-state index in [2.05, 4.69) is 0 Å². The van der Waals surface area contributed by atoms with Gasteiger partial charge in [0.15, 0.2) is 0 Å². The molecule has 0 saturated carbocycles. The third-order valence-electron chi connectivity index (χ3n) is 2.82. The van der Waals surface area contributed by atoms with Gasteiger partial charge in [0.25, 0.3) is 0 Å². The van der Waals surface area contributed by atoms with Gasteiger partial charge in [0.2, 0.25) is 5.91 Å². The Balaban J connectivity index is 2.96. The lowest BCUT2D eigenvalue weighted by atomic mass is 10.0. The van der Waals surface area contributed by atoms with E-state index in [-0.39, 0.29) is 12.3 Å². The Hall–Kier alpha value is -2.33. The highest BCUT2D eigenvalue weighted by atomic mass is 16.2. The van der Waals surface area contributed by atoms with Crippen LogP contribution in [0.5, 0.6) is 0 Å². The molecule has 0 bridgehead atoms. The zero-order valence-electron chi connectivity index (χ0n) is 10.6. The number of nitriles is 2. The number of carbonyl (C=O) groups excluding carboxylic acids is 1. The molecule has 4 nitrogen and oxygen atoms in total. The molecule has 0 atom stereocenters.